The van der Waals surface area contributed by atoms with Crippen LogP contribution in [0.2, 0.25) is 0 Å². The summed E-state index contributed by atoms with van der Waals surface area (Å²) >= 11 is 0. The van der Waals surface area contributed by atoms with Gasteiger partial charge in [0, 0.05) is 18.5 Å². The van der Waals surface area contributed by atoms with Crippen LogP contribution in [0.3, 0.4) is 0 Å². The zero-order valence-electron chi connectivity index (χ0n) is 15.7. The zero-order valence-corrected chi connectivity index (χ0v) is 15.7. The quantitative estimate of drug-likeness (QED) is 0.512. The molecular formula is C20H19F2N7. The van der Waals surface area contributed by atoms with E-state index in [9.17, 15) is 8.78 Å². The van der Waals surface area contributed by atoms with E-state index in [1.165, 1.54) is 12.4 Å². The lowest BCUT2D eigenvalue weighted by Gasteiger charge is -2.19. The lowest BCUT2D eigenvalue weighted by Crippen LogP contribution is -2.12. The second-order valence-corrected chi connectivity index (χ2v) is 6.60. The fourth-order valence-corrected chi connectivity index (χ4v) is 3.24. The number of aromatic nitrogens is 5. The summed E-state index contributed by atoms with van der Waals surface area (Å²) in [6, 6.07) is 7.17. The second-order valence-electron chi connectivity index (χ2n) is 6.60. The predicted molar refractivity (Wildman–Crippen MR) is 106 cm³/mol. The van der Waals surface area contributed by atoms with Crippen LogP contribution in [-0.2, 0) is 0 Å². The van der Waals surface area contributed by atoms with Gasteiger partial charge in [-0.25, -0.2) is 28.2 Å². The van der Waals surface area contributed by atoms with Gasteiger partial charge in [-0.05, 0) is 30.2 Å². The van der Waals surface area contributed by atoms with Gasteiger partial charge in [0.1, 0.15) is 12.1 Å². The van der Waals surface area contributed by atoms with Crippen LogP contribution in [0.25, 0.3) is 16.9 Å². The highest BCUT2D eigenvalue weighted by Crippen LogP contribution is 2.30. The van der Waals surface area contributed by atoms with Crippen LogP contribution in [0.5, 0.6) is 0 Å². The highest BCUT2D eigenvalue weighted by Gasteiger charge is 2.17. The molecule has 0 fully saturated rings. The third-order valence-corrected chi connectivity index (χ3v) is 4.59. The molecule has 1 aromatic carbocycles. The average Bonchev–Trinajstić information content (AvgIpc) is 3.05. The maximum absolute atomic E-state index is 13.7. The molecule has 3 heterocycles. The van der Waals surface area contributed by atoms with E-state index in [0.29, 0.717) is 40.5 Å². The van der Waals surface area contributed by atoms with Crippen LogP contribution in [0, 0.1) is 11.6 Å². The van der Waals surface area contributed by atoms with Crippen molar-refractivity contribution in [2.75, 3.05) is 11.1 Å². The third-order valence-electron chi connectivity index (χ3n) is 4.59. The first kappa shape index (κ1) is 18.7. The van der Waals surface area contributed by atoms with Gasteiger partial charge in [-0.2, -0.15) is 0 Å². The third kappa shape index (κ3) is 3.71. The summed E-state index contributed by atoms with van der Waals surface area (Å²) in [7, 11) is 0. The average molecular weight is 395 g/mol. The Morgan fingerprint density at radius 1 is 1.14 bits per heavy atom. The largest absolute Gasteiger partial charge is 0.382 e. The van der Waals surface area contributed by atoms with E-state index < -0.39 is 11.6 Å². The predicted octanol–water partition coefficient (Wildman–Crippen LogP) is 4.00. The lowest BCUT2D eigenvalue weighted by atomic mass is 10.0. The molecule has 0 bridgehead atoms. The van der Waals surface area contributed by atoms with Crippen molar-refractivity contribution < 1.29 is 8.78 Å². The minimum atomic E-state index is -0.876. The van der Waals surface area contributed by atoms with Crippen LogP contribution < -0.4 is 11.1 Å². The van der Waals surface area contributed by atoms with Crippen molar-refractivity contribution in [2.24, 2.45) is 0 Å². The van der Waals surface area contributed by atoms with E-state index in [0.717, 1.165) is 12.5 Å². The Morgan fingerprint density at radius 2 is 2.00 bits per heavy atom. The van der Waals surface area contributed by atoms with Crippen LogP contribution >= 0.6 is 0 Å². The SMILES string of the molecule is CCC[C@@H](Nc1cc(-c2c(N)nn3cccnc23)ncn1)c1ccc(F)c(F)c1. The molecule has 0 aliphatic rings. The second kappa shape index (κ2) is 7.78. The summed E-state index contributed by atoms with van der Waals surface area (Å²) in [5.41, 5.74) is 8.47. The highest BCUT2D eigenvalue weighted by molar-refractivity contribution is 5.84. The summed E-state index contributed by atoms with van der Waals surface area (Å²) in [5, 5.41) is 7.53. The molecule has 0 aliphatic heterocycles. The summed E-state index contributed by atoms with van der Waals surface area (Å²) < 4.78 is 28.6. The number of nitrogen functional groups attached to an aromatic ring is 1. The van der Waals surface area contributed by atoms with Crippen molar-refractivity contribution in [3.8, 4) is 11.3 Å². The van der Waals surface area contributed by atoms with Crippen molar-refractivity contribution in [3.05, 3.63) is 66.3 Å². The van der Waals surface area contributed by atoms with E-state index in [-0.39, 0.29) is 6.04 Å². The molecule has 0 unspecified atom stereocenters. The van der Waals surface area contributed by atoms with Gasteiger partial charge in [-0.15, -0.1) is 5.10 Å². The molecule has 0 saturated carbocycles. The highest BCUT2D eigenvalue weighted by atomic mass is 19.2. The smallest absolute Gasteiger partial charge is 0.166 e. The topological polar surface area (TPSA) is 94.0 Å². The van der Waals surface area contributed by atoms with Crippen LogP contribution in [0.1, 0.15) is 31.4 Å². The van der Waals surface area contributed by atoms with E-state index in [1.807, 2.05) is 6.92 Å². The molecule has 3 N–H and O–H groups in total. The van der Waals surface area contributed by atoms with E-state index >= 15 is 0 Å². The number of nitrogens with two attached hydrogens (primary N) is 1. The molecule has 148 valence electrons. The van der Waals surface area contributed by atoms with Gasteiger partial charge < -0.3 is 11.1 Å². The molecule has 0 amide bonds. The molecule has 4 aromatic rings. The van der Waals surface area contributed by atoms with Crippen molar-refractivity contribution in [1.29, 1.82) is 0 Å². The molecular weight excluding hydrogens is 376 g/mol. The van der Waals surface area contributed by atoms with Gasteiger partial charge in [0.15, 0.2) is 23.1 Å². The maximum Gasteiger partial charge on any atom is 0.166 e. The molecule has 0 spiro atoms. The van der Waals surface area contributed by atoms with Gasteiger partial charge in [-0.3, -0.25) is 0 Å². The lowest BCUT2D eigenvalue weighted by molar-refractivity contribution is 0.505. The van der Waals surface area contributed by atoms with E-state index in [4.69, 9.17) is 5.73 Å². The van der Waals surface area contributed by atoms with Crippen molar-refractivity contribution >= 4 is 17.3 Å². The number of hydrogen-bond acceptors (Lipinski definition) is 6. The van der Waals surface area contributed by atoms with Crippen molar-refractivity contribution in [2.45, 2.75) is 25.8 Å². The Morgan fingerprint density at radius 3 is 2.79 bits per heavy atom. The fourth-order valence-electron chi connectivity index (χ4n) is 3.24. The van der Waals surface area contributed by atoms with E-state index in [1.54, 1.807) is 35.1 Å². The van der Waals surface area contributed by atoms with Crippen molar-refractivity contribution in [3.63, 3.8) is 0 Å². The van der Waals surface area contributed by atoms with Gasteiger partial charge in [0.25, 0.3) is 0 Å². The summed E-state index contributed by atoms with van der Waals surface area (Å²) in [4.78, 5) is 12.9. The number of halogens is 2. The number of anilines is 2. The minimum absolute atomic E-state index is 0.239. The summed E-state index contributed by atoms with van der Waals surface area (Å²) in [6.07, 6.45) is 6.38. The van der Waals surface area contributed by atoms with Crippen LogP contribution in [0.15, 0.2) is 49.1 Å². The summed E-state index contributed by atoms with van der Waals surface area (Å²) in [5.74, 6) is -0.907. The maximum atomic E-state index is 13.7. The standard InChI is InChI=1S/C20H19F2N7/c1-2-4-15(12-5-6-13(21)14(22)9-12)27-17-10-16(25-11-26-17)18-19(23)28-29-8-3-7-24-20(18)29/h3,5-11,15H,2,4H2,1H3,(H2,23,28)(H,25,26,27)/t15-/m1/s1. The molecule has 1 atom stereocenters. The molecule has 3 aromatic heterocycles. The Labute approximate surface area is 165 Å². The van der Waals surface area contributed by atoms with Gasteiger partial charge >= 0.3 is 0 Å². The molecule has 0 saturated heterocycles. The number of rotatable bonds is 6. The Hall–Kier alpha value is -3.62. The summed E-state index contributed by atoms with van der Waals surface area (Å²) in [6.45, 7) is 2.02. The molecule has 0 radical (unpaired) electrons. The minimum Gasteiger partial charge on any atom is -0.382 e. The number of hydrogen-bond donors (Lipinski definition) is 2. The van der Waals surface area contributed by atoms with Crippen LogP contribution in [-0.4, -0.2) is 24.6 Å². The molecule has 0 aliphatic carbocycles. The first-order valence-electron chi connectivity index (χ1n) is 9.19. The Bertz CT molecular complexity index is 1160. The van der Waals surface area contributed by atoms with Gasteiger partial charge in [0.05, 0.1) is 17.3 Å². The molecule has 29 heavy (non-hydrogen) atoms. The normalized spacial score (nSPS) is 12.2. The molecule has 4 rings (SSSR count). The monoisotopic (exact) mass is 395 g/mol. The molecule has 9 heteroatoms. The van der Waals surface area contributed by atoms with Gasteiger partial charge in [0.2, 0.25) is 0 Å². The number of nitrogens with zero attached hydrogens (tertiary/aromatic N) is 5. The van der Waals surface area contributed by atoms with Crippen LogP contribution in [0.4, 0.5) is 20.4 Å². The first-order chi connectivity index (χ1) is 14.1. The Balaban J connectivity index is 1.68. The number of fused-ring (bicyclic) bond motifs is 1. The fraction of sp³-hybridized carbons (Fsp3) is 0.200. The number of nitrogens with one attached hydrogen (secondary N) is 1. The van der Waals surface area contributed by atoms with E-state index in [2.05, 4.69) is 25.4 Å². The first-order valence-corrected chi connectivity index (χ1v) is 9.19. The molecule has 7 nitrogen and oxygen atoms in total. The van der Waals surface area contributed by atoms with Crippen molar-refractivity contribution in [1.82, 2.24) is 24.6 Å². The Kier molecular flexibility index (Phi) is 5.03. The number of benzene rings is 1. The van der Waals surface area contributed by atoms with Gasteiger partial charge in [-0.1, -0.05) is 19.4 Å². The zero-order chi connectivity index (χ0) is 20.4.